The van der Waals surface area contributed by atoms with E-state index in [1.807, 2.05) is 13.8 Å². The van der Waals surface area contributed by atoms with Crippen LogP contribution >= 0.6 is 0 Å². The van der Waals surface area contributed by atoms with Gasteiger partial charge in [-0.15, -0.1) is 0 Å². The van der Waals surface area contributed by atoms with Gasteiger partial charge in [-0.3, -0.25) is 0 Å². The van der Waals surface area contributed by atoms with E-state index in [2.05, 4.69) is 15.4 Å². The van der Waals surface area contributed by atoms with Gasteiger partial charge in [-0.1, -0.05) is 0 Å². The van der Waals surface area contributed by atoms with Gasteiger partial charge in [0, 0.05) is 7.11 Å². The van der Waals surface area contributed by atoms with Gasteiger partial charge >= 0.3 is 6.03 Å². The molecule has 0 aliphatic carbocycles. The number of carbonyl (C=O) groups excluding carboxylic acids is 1. The van der Waals surface area contributed by atoms with Gasteiger partial charge in [0.15, 0.2) is 5.65 Å². The van der Waals surface area contributed by atoms with Crippen molar-refractivity contribution < 1.29 is 9.53 Å². The molecule has 18 heavy (non-hydrogen) atoms. The zero-order valence-electron chi connectivity index (χ0n) is 10.5. The van der Waals surface area contributed by atoms with Gasteiger partial charge in [-0.05, 0) is 13.8 Å². The molecule has 0 radical (unpaired) electrons. The van der Waals surface area contributed by atoms with E-state index in [-0.39, 0.29) is 6.10 Å². The summed E-state index contributed by atoms with van der Waals surface area (Å²) < 4.78 is 6.95. The van der Waals surface area contributed by atoms with E-state index in [1.165, 1.54) is 6.20 Å². The van der Waals surface area contributed by atoms with E-state index in [1.54, 1.807) is 17.8 Å². The van der Waals surface area contributed by atoms with Crippen LogP contribution in [0.1, 0.15) is 24.3 Å². The lowest BCUT2D eigenvalue weighted by Crippen LogP contribution is -2.21. The van der Waals surface area contributed by atoms with E-state index >= 15 is 0 Å². The standard InChI is InChI=1S/C11H15N5O2/c1-6-5-16-10(14-6)9(7(2)18-3)8(4-13-16)15-11(12)17/h4-5,7H,1-3H3,(H3,12,15,17). The number of primary amides is 1. The second kappa shape index (κ2) is 4.61. The number of carbonyl (C=O) groups is 1. The van der Waals surface area contributed by atoms with Gasteiger partial charge < -0.3 is 15.8 Å². The summed E-state index contributed by atoms with van der Waals surface area (Å²) >= 11 is 0. The Kier molecular flexibility index (Phi) is 3.15. The zero-order chi connectivity index (χ0) is 13.3. The smallest absolute Gasteiger partial charge is 0.316 e. The van der Waals surface area contributed by atoms with Crippen molar-refractivity contribution in [2.24, 2.45) is 5.73 Å². The first-order valence-electron chi connectivity index (χ1n) is 5.47. The van der Waals surface area contributed by atoms with Crippen LogP contribution in [-0.4, -0.2) is 27.7 Å². The van der Waals surface area contributed by atoms with Crippen molar-refractivity contribution in [3.8, 4) is 0 Å². The van der Waals surface area contributed by atoms with E-state index in [4.69, 9.17) is 10.5 Å². The minimum Gasteiger partial charge on any atom is -0.377 e. The third kappa shape index (κ3) is 2.12. The highest BCUT2D eigenvalue weighted by molar-refractivity contribution is 5.89. The summed E-state index contributed by atoms with van der Waals surface area (Å²) in [5.41, 5.74) is 7.88. The molecule has 1 atom stereocenters. The predicted octanol–water partition coefficient (Wildman–Crippen LogP) is 1.24. The average Bonchev–Trinajstić information content (AvgIpc) is 2.67. The molecule has 0 saturated heterocycles. The minimum absolute atomic E-state index is 0.237. The number of imidazole rings is 1. The van der Waals surface area contributed by atoms with Crippen LogP contribution in [-0.2, 0) is 4.74 Å². The van der Waals surface area contributed by atoms with Crippen molar-refractivity contribution in [3.63, 3.8) is 0 Å². The highest BCUT2D eigenvalue weighted by atomic mass is 16.5. The largest absolute Gasteiger partial charge is 0.377 e. The molecule has 2 rings (SSSR count). The fourth-order valence-corrected chi connectivity index (χ4v) is 1.82. The predicted molar refractivity (Wildman–Crippen MR) is 66.4 cm³/mol. The van der Waals surface area contributed by atoms with E-state index in [0.717, 1.165) is 11.3 Å². The lowest BCUT2D eigenvalue weighted by Gasteiger charge is -2.15. The molecule has 3 N–H and O–H groups in total. The number of aryl methyl sites for hydroxylation is 1. The lowest BCUT2D eigenvalue weighted by molar-refractivity contribution is 0.120. The molecule has 7 heteroatoms. The second-order valence-corrected chi connectivity index (χ2v) is 3.99. The molecular formula is C11H15N5O2. The van der Waals surface area contributed by atoms with Crippen LogP contribution < -0.4 is 11.1 Å². The SMILES string of the molecule is COC(C)c1c(NC(N)=O)cnn2cc(C)nc12. The number of nitrogens with two attached hydrogens (primary N) is 1. The molecule has 1 unspecified atom stereocenters. The van der Waals surface area contributed by atoms with Crippen molar-refractivity contribution in [3.05, 3.63) is 23.7 Å². The van der Waals surface area contributed by atoms with E-state index in [9.17, 15) is 4.79 Å². The van der Waals surface area contributed by atoms with Crippen molar-refractivity contribution in [2.45, 2.75) is 20.0 Å². The maximum Gasteiger partial charge on any atom is 0.316 e. The quantitative estimate of drug-likeness (QED) is 0.855. The Balaban J connectivity index is 2.65. The van der Waals surface area contributed by atoms with Gasteiger partial charge in [0.05, 0.1) is 35.4 Å². The summed E-state index contributed by atoms with van der Waals surface area (Å²) in [6.07, 6.45) is 3.10. The molecule has 2 amide bonds. The van der Waals surface area contributed by atoms with Crippen LogP contribution in [0.5, 0.6) is 0 Å². The molecule has 0 bridgehead atoms. The number of anilines is 1. The molecule has 7 nitrogen and oxygen atoms in total. The van der Waals surface area contributed by atoms with Crippen LogP contribution in [0.2, 0.25) is 0 Å². The van der Waals surface area contributed by atoms with Gasteiger partial charge in [0.25, 0.3) is 0 Å². The lowest BCUT2D eigenvalue weighted by atomic mass is 10.1. The summed E-state index contributed by atoms with van der Waals surface area (Å²) in [4.78, 5) is 15.4. The summed E-state index contributed by atoms with van der Waals surface area (Å²) in [7, 11) is 1.59. The fraction of sp³-hybridized carbons (Fsp3) is 0.364. The fourth-order valence-electron chi connectivity index (χ4n) is 1.82. The maximum atomic E-state index is 11.0. The van der Waals surface area contributed by atoms with Crippen LogP contribution in [0.25, 0.3) is 5.65 Å². The normalized spacial score (nSPS) is 12.6. The molecule has 0 spiro atoms. The molecule has 96 valence electrons. The number of rotatable bonds is 3. The van der Waals surface area contributed by atoms with Crippen LogP contribution in [0, 0.1) is 6.92 Å². The zero-order valence-corrected chi connectivity index (χ0v) is 10.5. The molecule has 0 fully saturated rings. The number of hydrogen-bond acceptors (Lipinski definition) is 4. The Morgan fingerprint density at radius 1 is 1.61 bits per heavy atom. The van der Waals surface area contributed by atoms with Crippen molar-refractivity contribution >= 4 is 17.4 Å². The molecule has 0 saturated carbocycles. The molecule has 2 heterocycles. The highest BCUT2D eigenvalue weighted by Crippen LogP contribution is 2.28. The summed E-state index contributed by atoms with van der Waals surface area (Å²) in [5.74, 6) is 0. The van der Waals surface area contributed by atoms with E-state index in [0.29, 0.717) is 11.3 Å². The van der Waals surface area contributed by atoms with Crippen molar-refractivity contribution in [1.29, 1.82) is 0 Å². The van der Waals surface area contributed by atoms with Gasteiger partial charge in [-0.25, -0.2) is 14.3 Å². The van der Waals surface area contributed by atoms with Crippen LogP contribution in [0.3, 0.4) is 0 Å². The maximum absolute atomic E-state index is 11.0. The molecule has 2 aromatic rings. The number of urea groups is 1. The van der Waals surface area contributed by atoms with Gasteiger partial charge in [-0.2, -0.15) is 5.10 Å². The third-order valence-corrected chi connectivity index (χ3v) is 2.67. The van der Waals surface area contributed by atoms with E-state index < -0.39 is 6.03 Å². The second-order valence-electron chi connectivity index (χ2n) is 3.99. The molecule has 0 aliphatic rings. The number of methoxy groups -OCH3 is 1. The Morgan fingerprint density at radius 3 is 2.94 bits per heavy atom. The third-order valence-electron chi connectivity index (χ3n) is 2.67. The minimum atomic E-state index is -0.644. The monoisotopic (exact) mass is 249 g/mol. The van der Waals surface area contributed by atoms with Gasteiger partial charge in [0.1, 0.15) is 0 Å². The highest BCUT2D eigenvalue weighted by Gasteiger charge is 2.18. The molecule has 0 aliphatic heterocycles. The van der Waals surface area contributed by atoms with Gasteiger partial charge in [0.2, 0.25) is 0 Å². The van der Waals surface area contributed by atoms with Crippen molar-refractivity contribution in [2.75, 3.05) is 12.4 Å². The summed E-state index contributed by atoms with van der Waals surface area (Å²) in [6.45, 7) is 3.74. The Morgan fingerprint density at radius 2 is 2.33 bits per heavy atom. The molecular weight excluding hydrogens is 234 g/mol. The topological polar surface area (TPSA) is 94.5 Å². The molecule has 2 aromatic heterocycles. The Bertz CT molecular complexity index is 592. The number of nitrogens with one attached hydrogen (secondary N) is 1. The van der Waals surface area contributed by atoms with Crippen LogP contribution in [0.4, 0.5) is 10.5 Å². The Hall–Kier alpha value is -2.15. The number of ether oxygens (including phenoxy) is 1. The number of fused-ring (bicyclic) bond motifs is 1. The summed E-state index contributed by atoms with van der Waals surface area (Å²) in [6, 6.07) is -0.644. The average molecular weight is 249 g/mol. The first-order chi connectivity index (χ1) is 8.52. The first kappa shape index (κ1) is 12.3. The number of nitrogens with zero attached hydrogens (tertiary/aromatic N) is 3. The Labute approximate surface area is 104 Å². The molecule has 0 aromatic carbocycles. The first-order valence-corrected chi connectivity index (χ1v) is 5.47. The van der Waals surface area contributed by atoms with Crippen LogP contribution in [0.15, 0.2) is 12.4 Å². The number of amides is 2. The van der Waals surface area contributed by atoms with Crippen molar-refractivity contribution in [1.82, 2.24) is 14.6 Å². The summed E-state index contributed by atoms with van der Waals surface area (Å²) in [5, 5.41) is 6.69. The number of hydrogen-bond donors (Lipinski definition) is 2. The number of aromatic nitrogens is 3.